The molecule has 0 unspecified atom stereocenters. The van der Waals surface area contributed by atoms with E-state index in [-0.39, 0.29) is 0 Å². The van der Waals surface area contributed by atoms with Crippen LogP contribution in [0.3, 0.4) is 0 Å². The molecule has 0 fully saturated rings. The van der Waals surface area contributed by atoms with Gasteiger partial charge in [0.15, 0.2) is 8.32 Å². The zero-order valence-corrected chi connectivity index (χ0v) is 20.4. The van der Waals surface area contributed by atoms with Crippen LogP contribution in [0.4, 0.5) is 0 Å². The maximum absolute atomic E-state index is 11.7. The van der Waals surface area contributed by atoms with Gasteiger partial charge in [-0.2, -0.15) is 0 Å². The fraction of sp³-hybridized carbons (Fsp3) is 1.00. The highest BCUT2D eigenvalue weighted by molar-refractivity contribution is 7.48. The van der Waals surface area contributed by atoms with Crippen LogP contribution in [0.2, 0.25) is 54.1 Å². The first-order valence-electron chi connectivity index (χ1n) is 9.20. The Morgan fingerprint density at radius 2 is 1.04 bits per heavy atom. The molecule has 8 heteroatoms. The monoisotopic (exact) mass is 398 g/mol. The molecular weight excluding hydrogens is 359 g/mol. The summed E-state index contributed by atoms with van der Waals surface area (Å²) in [7, 11) is -10.2. The average Bonchev–Trinajstić information content (AvgIpc) is 2.46. The molecule has 0 spiro atoms. The molecule has 0 saturated carbocycles. The average molecular weight is 399 g/mol. The van der Waals surface area contributed by atoms with Crippen LogP contribution >= 0.6 is 7.82 Å². The first-order valence-corrected chi connectivity index (χ1v) is 19.1. The summed E-state index contributed by atoms with van der Waals surface area (Å²) in [6.45, 7) is 17.9. The summed E-state index contributed by atoms with van der Waals surface area (Å²) in [4.78, 5) is 19.5. The Hall–Kier alpha value is 0.761. The standard InChI is InChI=1S/C15H39O4PSi3/c1-9-22(10-2,11-3)15(23(12-4,13-5)14-6)21(7,8)19-20(16,17)18/h15H,9-14H2,1-8H3,(H2,16,17,18). The molecule has 0 aromatic rings. The van der Waals surface area contributed by atoms with Gasteiger partial charge < -0.3 is 14.0 Å². The Morgan fingerprint density at radius 1 is 0.783 bits per heavy atom. The van der Waals surface area contributed by atoms with Crippen molar-refractivity contribution in [2.75, 3.05) is 0 Å². The summed E-state index contributed by atoms with van der Waals surface area (Å²) < 4.78 is 17.3. The van der Waals surface area contributed by atoms with Crippen molar-refractivity contribution in [2.24, 2.45) is 0 Å². The Balaban J connectivity index is 6.35. The second kappa shape index (κ2) is 8.92. The highest BCUT2D eigenvalue weighted by Crippen LogP contribution is 2.54. The van der Waals surface area contributed by atoms with Gasteiger partial charge in [-0.3, -0.25) is 0 Å². The zero-order chi connectivity index (χ0) is 18.5. The fourth-order valence-corrected chi connectivity index (χ4v) is 38.8. The molecule has 0 radical (unpaired) electrons. The number of phosphoric acid groups is 1. The molecular formula is C15H39O4PSi3. The second-order valence-electron chi connectivity index (χ2n) is 7.46. The molecule has 0 rings (SSSR count). The van der Waals surface area contributed by atoms with Crippen LogP contribution in [-0.2, 0) is 8.78 Å². The highest BCUT2D eigenvalue weighted by atomic mass is 31.2. The molecule has 140 valence electrons. The van der Waals surface area contributed by atoms with Crippen molar-refractivity contribution in [1.29, 1.82) is 0 Å². The fourth-order valence-electron chi connectivity index (χ4n) is 5.21. The predicted molar refractivity (Wildman–Crippen MR) is 109 cm³/mol. The van der Waals surface area contributed by atoms with E-state index in [0.29, 0.717) is 4.79 Å². The van der Waals surface area contributed by atoms with Gasteiger partial charge in [-0.15, -0.1) is 0 Å². The quantitative estimate of drug-likeness (QED) is 0.342. The summed E-state index contributed by atoms with van der Waals surface area (Å²) in [5.41, 5.74) is 0. The van der Waals surface area contributed by atoms with Crippen molar-refractivity contribution >= 4 is 32.3 Å². The maximum Gasteiger partial charge on any atom is 0.459 e. The molecule has 0 aliphatic rings. The molecule has 0 aliphatic carbocycles. The topological polar surface area (TPSA) is 66.8 Å². The Kier molecular flexibility index (Phi) is 9.21. The van der Waals surface area contributed by atoms with E-state index in [9.17, 15) is 14.4 Å². The van der Waals surface area contributed by atoms with Crippen LogP contribution in [0.1, 0.15) is 41.5 Å². The molecule has 0 aliphatic heterocycles. The van der Waals surface area contributed by atoms with Gasteiger partial charge in [0.2, 0.25) is 0 Å². The van der Waals surface area contributed by atoms with E-state index in [1.807, 2.05) is 0 Å². The molecule has 4 nitrogen and oxygen atoms in total. The lowest BCUT2D eigenvalue weighted by atomic mass is 10.9. The molecule has 0 heterocycles. The SMILES string of the molecule is CC[Si](CC)(CC)C([Si](CC)(CC)CC)[Si](C)(C)OP(=O)(O)O. The van der Waals surface area contributed by atoms with E-state index in [0.717, 1.165) is 0 Å². The zero-order valence-electron chi connectivity index (χ0n) is 16.5. The van der Waals surface area contributed by atoms with Crippen molar-refractivity contribution in [1.82, 2.24) is 0 Å². The van der Waals surface area contributed by atoms with Gasteiger partial charge >= 0.3 is 7.82 Å². The number of hydrogen-bond donors (Lipinski definition) is 2. The number of rotatable bonds is 11. The maximum atomic E-state index is 11.7. The molecule has 2 N–H and O–H groups in total. The lowest BCUT2D eigenvalue weighted by Gasteiger charge is -2.53. The van der Waals surface area contributed by atoms with E-state index in [1.54, 1.807) is 0 Å². The van der Waals surface area contributed by atoms with Crippen molar-refractivity contribution in [2.45, 2.75) is 95.7 Å². The molecule has 23 heavy (non-hydrogen) atoms. The highest BCUT2D eigenvalue weighted by Gasteiger charge is 2.58. The van der Waals surface area contributed by atoms with Gasteiger partial charge in [-0.05, 0) is 17.9 Å². The Bertz CT molecular complexity index is 367. The number of hydrogen-bond acceptors (Lipinski definition) is 2. The largest absolute Gasteiger partial charge is 0.459 e. The third kappa shape index (κ3) is 5.37. The molecule has 0 saturated heterocycles. The van der Waals surface area contributed by atoms with Gasteiger partial charge in [0.05, 0.1) is 16.1 Å². The van der Waals surface area contributed by atoms with E-state index >= 15 is 0 Å². The van der Waals surface area contributed by atoms with Crippen LogP contribution < -0.4 is 0 Å². The smallest absolute Gasteiger partial charge is 0.330 e. The Labute approximate surface area is 146 Å². The predicted octanol–water partition coefficient (Wildman–Crippen LogP) is 5.77. The first-order chi connectivity index (χ1) is 10.4. The summed E-state index contributed by atoms with van der Waals surface area (Å²) in [6.07, 6.45) is 0. The van der Waals surface area contributed by atoms with Crippen LogP contribution in [0.5, 0.6) is 0 Å². The van der Waals surface area contributed by atoms with Crippen molar-refractivity contribution in [3.8, 4) is 0 Å². The Morgan fingerprint density at radius 3 is 1.22 bits per heavy atom. The molecule has 0 atom stereocenters. The second-order valence-corrected chi connectivity index (χ2v) is 25.5. The van der Waals surface area contributed by atoms with Crippen LogP contribution in [-0.4, -0.2) is 34.3 Å². The van der Waals surface area contributed by atoms with Crippen LogP contribution in [0.25, 0.3) is 0 Å². The molecule has 0 bridgehead atoms. The summed E-state index contributed by atoms with van der Waals surface area (Å²) >= 11 is 0. The van der Waals surface area contributed by atoms with Gasteiger partial charge in [-0.25, -0.2) is 4.57 Å². The summed E-state index contributed by atoms with van der Waals surface area (Å²) in [5, 5.41) is 0. The third-order valence-electron chi connectivity index (χ3n) is 6.50. The van der Waals surface area contributed by atoms with Crippen molar-refractivity contribution in [3.63, 3.8) is 0 Å². The van der Waals surface area contributed by atoms with E-state index < -0.39 is 32.3 Å². The summed E-state index contributed by atoms with van der Waals surface area (Å²) in [5.74, 6) is 0. The van der Waals surface area contributed by atoms with Crippen LogP contribution in [0, 0.1) is 0 Å². The lowest BCUT2D eigenvalue weighted by Crippen LogP contribution is -2.63. The molecule has 0 amide bonds. The first kappa shape index (κ1) is 23.8. The summed E-state index contributed by atoms with van der Waals surface area (Å²) in [6, 6.07) is 7.17. The van der Waals surface area contributed by atoms with Gasteiger partial charge in [0, 0.05) is 0 Å². The lowest BCUT2D eigenvalue weighted by molar-refractivity contribution is 0.280. The van der Waals surface area contributed by atoms with Gasteiger partial charge in [0.25, 0.3) is 0 Å². The van der Waals surface area contributed by atoms with Crippen molar-refractivity contribution in [3.05, 3.63) is 0 Å². The van der Waals surface area contributed by atoms with Gasteiger partial charge in [-0.1, -0.05) is 77.8 Å². The van der Waals surface area contributed by atoms with Crippen molar-refractivity contribution < 1.29 is 18.6 Å². The minimum Gasteiger partial charge on any atom is -0.330 e. The minimum atomic E-state index is -4.44. The van der Waals surface area contributed by atoms with Gasteiger partial charge in [0.1, 0.15) is 0 Å². The van der Waals surface area contributed by atoms with E-state index in [1.165, 1.54) is 36.3 Å². The minimum absolute atomic E-state index is 0.495. The normalized spacial score (nSPS) is 14.6. The van der Waals surface area contributed by atoms with E-state index in [4.69, 9.17) is 4.21 Å². The molecule has 0 aromatic heterocycles. The van der Waals surface area contributed by atoms with Crippen LogP contribution in [0.15, 0.2) is 0 Å². The third-order valence-corrected chi connectivity index (χ3v) is 33.1. The molecule has 0 aromatic carbocycles. The van der Waals surface area contributed by atoms with E-state index in [2.05, 4.69) is 54.6 Å².